The monoisotopic (exact) mass is 317 g/mol. The first-order valence-corrected chi connectivity index (χ1v) is 7.79. The normalized spacial score (nSPS) is 14.7. The number of para-hydroxylation sites is 1. The van der Waals surface area contributed by atoms with Crippen LogP contribution in [0.2, 0.25) is 0 Å². The number of aromatic hydroxyl groups is 1. The summed E-state index contributed by atoms with van der Waals surface area (Å²) in [6, 6.07) is 8.83. The van der Waals surface area contributed by atoms with Crippen molar-refractivity contribution in [2.45, 2.75) is 23.8 Å². The van der Waals surface area contributed by atoms with Gasteiger partial charge < -0.3 is 15.0 Å². The zero-order chi connectivity index (χ0) is 15.7. The number of carbonyl (C=O) groups excluding carboxylic acids is 1. The number of fused-ring (bicyclic) bond motifs is 1. The van der Waals surface area contributed by atoms with Crippen molar-refractivity contribution in [2.24, 2.45) is 0 Å². The number of aromatic nitrogens is 2. The molecular weight excluding hydrogens is 302 g/mol. The molecule has 2 heterocycles. The van der Waals surface area contributed by atoms with Crippen LogP contribution < -0.4 is 10.5 Å². The fourth-order valence-corrected chi connectivity index (χ4v) is 3.35. The number of aromatic amines is 1. The Balaban J connectivity index is 1.77. The molecule has 1 unspecified atom stereocenters. The minimum Gasteiger partial charge on any atom is -0.493 e. The summed E-state index contributed by atoms with van der Waals surface area (Å²) in [6.45, 7) is 2.42. The van der Waals surface area contributed by atoms with E-state index in [-0.39, 0.29) is 16.9 Å². The molecule has 22 heavy (non-hydrogen) atoms. The summed E-state index contributed by atoms with van der Waals surface area (Å²) in [5, 5.41) is 9.16. The Morgan fingerprint density at radius 3 is 3.00 bits per heavy atom. The van der Waals surface area contributed by atoms with Gasteiger partial charge in [0, 0.05) is 12.2 Å². The molecule has 0 bridgehead atoms. The Morgan fingerprint density at radius 1 is 1.45 bits per heavy atom. The van der Waals surface area contributed by atoms with Crippen molar-refractivity contribution in [2.75, 3.05) is 11.4 Å². The fraction of sp³-hybridized carbons (Fsp3) is 0.267. The van der Waals surface area contributed by atoms with Gasteiger partial charge in [0.15, 0.2) is 5.16 Å². The molecule has 2 aromatic rings. The van der Waals surface area contributed by atoms with Crippen LogP contribution in [0.1, 0.15) is 12.5 Å². The number of anilines is 1. The second-order valence-electron chi connectivity index (χ2n) is 5.04. The lowest BCUT2D eigenvalue weighted by Gasteiger charge is -2.21. The van der Waals surface area contributed by atoms with Gasteiger partial charge >= 0.3 is 0 Å². The molecular formula is C15H15N3O3S. The van der Waals surface area contributed by atoms with Crippen molar-refractivity contribution in [3.8, 4) is 5.88 Å². The third-order valence-electron chi connectivity index (χ3n) is 3.50. The molecule has 0 fully saturated rings. The van der Waals surface area contributed by atoms with Gasteiger partial charge in [-0.15, -0.1) is 0 Å². The van der Waals surface area contributed by atoms with Gasteiger partial charge in [-0.3, -0.25) is 9.59 Å². The van der Waals surface area contributed by atoms with E-state index in [0.29, 0.717) is 6.54 Å². The average Bonchev–Trinajstić information content (AvgIpc) is 2.89. The van der Waals surface area contributed by atoms with Gasteiger partial charge in [0.25, 0.3) is 5.56 Å². The SMILES string of the molecule is CC(Sc1nc(O)cc(=O)[nH]1)C(=O)N1CCc2ccccc21. The minimum atomic E-state index is -0.443. The minimum absolute atomic E-state index is 0.0408. The number of thioether (sulfide) groups is 1. The second kappa shape index (κ2) is 5.84. The first kappa shape index (κ1) is 14.6. The molecule has 0 radical (unpaired) electrons. The Bertz CT molecular complexity index is 775. The molecule has 0 saturated carbocycles. The van der Waals surface area contributed by atoms with Crippen LogP contribution >= 0.6 is 11.8 Å². The second-order valence-corrected chi connectivity index (χ2v) is 6.37. The molecule has 1 aliphatic heterocycles. The van der Waals surface area contributed by atoms with Crippen LogP contribution in [-0.4, -0.2) is 32.8 Å². The number of H-pyrrole nitrogens is 1. The van der Waals surface area contributed by atoms with E-state index in [2.05, 4.69) is 9.97 Å². The Kier molecular flexibility index (Phi) is 3.89. The van der Waals surface area contributed by atoms with Gasteiger partial charge in [0.2, 0.25) is 11.8 Å². The van der Waals surface area contributed by atoms with E-state index in [1.165, 1.54) is 0 Å². The van der Waals surface area contributed by atoms with E-state index in [4.69, 9.17) is 0 Å². The predicted molar refractivity (Wildman–Crippen MR) is 84.3 cm³/mol. The molecule has 0 spiro atoms. The van der Waals surface area contributed by atoms with E-state index >= 15 is 0 Å². The fourth-order valence-electron chi connectivity index (χ4n) is 2.48. The maximum absolute atomic E-state index is 12.6. The molecule has 3 rings (SSSR count). The Labute approximate surface area is 131 Å². The van der Waals surface area contributed by atoms with Crippen LogP contribution in [0, 0.1) is 0 Å². The van der Waals surface area contributed by atoms with E-state index in [0.717, 1.165) is 35.5 Å². The zero-order valence-electron chi connectivity index (χ0n) is 11.9. The molecule has 1 amide bonds. The highest BCUT2D eigenvalue weighted by Crippen LogP contribution is 2.30. The van der Waals surface area contributed by atoms with Crippen molar-refractivity contribution < 1.29 is 9.90 Å². The number of rotatable bonds is 3. The van der Waals surface area contributed by atoms with Crippen molar-refractivity contribution in [1.29, 1.82) is 0 Å². The van der Waals surface area contributed by atoms with Crippen molar-refractivity contribution in [1.82, 2.24) is 9.97 Å². The van der Waals surface area contributed by atoms with Crippen LogP contribution in [-0.2, 0) is 11.2 Å². The first-order chi connectivity index (χ1) is 10.5. The number of benzene rings is 1. The number of carbonyl (C=O) groups is 1. The van der Waals surface area contributed by atoms with Gasteiger partial charge in [0.1, 0.15) is 0 Å². The predicted octanol–water partition coefficient (Wildman–Crippen LogP) is 1.55. The van der Waals surface area contributed by atoms with Gasteiger partial charge in [-0.05, 0) is 25.0 Å². The maximum Gasteiger partial charge on any atom is 0.255 e. The van der Waals surface area contributed by atoms with Crippen molar-refractivity contribution in [3.63, 3.8) is 0 Å². The molecule has 1 aliphatic rings. The molecule has 1 aromatic heterocycles. The summed E-state index contributed by atoms with van der Waals surface area (Å²) in [6.07, 6.45) is 0.848. The quantitative estimate of drug-likeness (QED) is 0.662. The zero-order valence-corrected chi connectivity index (χ0v) is 12.8. The van der Waals surface area contributed by atoms with E-state index < -0.39 is 10.8 Å². The summed E-state index contributed by atoms with van der Waals surface area (Å²) in [5.74, 6) is -0.390. The Hall–Kier alpha value is -2.28. The maximum atomic E-state index is 12.6. The number of nitrogens with one attached hydrogen (secondary N) is 1. The smallest absolute Gasteiger partial charge is 0.255 e. The van der Waals surface area contributed by atoms with Crippen LogP contribution in [0.3, 0.4) is 0 Å². The molecule has 7 heteroatoms. The van der Waals surface area contributed by atoms with Crippen molar-refractivity contribution >= 4 is 23.4 Å². The highest BCUT2D eigenvalue weighted by Gasteiger charge is 2.28. The molecule has 6 nitrogen and oxygen atoms in total. The number of hydrogen-bond acceptors (Lipinski definition) is 5. The van der Waals surface area contributed by atoms with Crippen LogP contribution in [0.25, 0.3) is 0 Å². The first-order valence-electron chi connectivity index (χ1n) is 6.91. The standard InChI is InChI=1S/C15H15N3O3S/c1-9(22-15-16-12(19)8-13(20)17-15)14(21)18-7-6-10-4-2-3-5-11(10)18/h2-5,8-9H,6-7H2,1H3,(H2,16,17,19,20). The average molecular weight is 317 g/mol. The molecule has 0 saturated heterocycles. The van der Waals surface area contributed by atoms with Gasteiger partial charge in [-0.2, -0.15) is 4.98 Å². The van der Waals surface area contributed by atoms with E-state index in [9.17, 15) is 14.7 Å². The van der Waals surface area contributed by atoms with Gasteiger partial charge in [0.05, 0.1) is 11.3 Å². The summed E-state index contributed by atoms with van der Waals surface area (Å²) in [4.78, 5) is 32.0. The summed E-state index contributed by atoms with van der Waals surface area (Å²) in [7, 11) is 0. The highest BCUT2D eigenvalue weighted by molar-refractivity contribution is 8.00. The van der Waals surface area contributed by atoms with E-state index in [1.54, 1.807) is 11.8 Å². The van der Waals surface area contributed by atoms with E-state index in [1.807, 2.05) is 24.3 Å². The molecule has 2 N–H and O–H groups in total. The topological polar surface area (TPSA) is 86.3 Å². The summed E-state index contributed by atoms with van der Waals surface area (Å²) < 4.78 is 0. The molecule has 0 aliphatic carbocycles. The lowest BCUT2D eigenvalue weighted by atomic mass is 10.2. The van der Waals surface area contributed by atoms with Crippen molar-refractivity contribution in [3.05, 3.63) is 46.2 Å². The molecule has 114 valence electrons. The largest absolute Gasteiger partial charge is 0.493 e. The summed E-state index contributed by atoms with van der Waals surface area (Å²) >= 11 is 1.12. The van der Waals surface area contributed by atoms with Crippen LogP contribution in [0.4, 0.5) is 5.69 Å². The lowest BCUT2D eigenvalue weighted by molar-refractivity contribution is -0.117. The Morgan fingerprint density at radius 2 is 2.23 bits per heavy atom. The molecule has 1 atom stereocenters. The number of amides is 1. The van der Waals surface area contributed by atoms with Gasteiger partial charge in [-0.1, -0.05) is 30.0 Å². The number of hydrogen-bond donors (Lipinski definition) is 2. The highest BCUT2D eigenvalue weighted by atomic mass is 32.2. The summed E-state index contributed by atoms with van der Waals surface area (Å²) in [5.41, 5.74) is 1.66. The third kappa shape index (κ3) is 2.85. The number of nitrogens with zero attached hydrogens (tertiary/aromatic N) is 2. The third-order valence-corrected chi connectivity index (χ3v) is 4.47. The molecule has 1 aromatic carbocycles. The van der Waals surface area contributed by atoms with Crippen LogP contribution in [0.5, 0.6) is 5.88 Å². The van der Waals surface area contributed by atoms with Crippen LogP contribution in [0.15, 0.2) is 40.3 Å². The lowest BCUT2D eigenvalue weighted by Crippen LogP contribution is -2.35. The van der Waals surface area contributed by atoms with Gasteiger partial charge in [-0.25, -0.2) is 0 Å².